The molecule has 0 saturated carbocycles. The predicted molar refractivity (Wildman–Crippen MR) is 128 cm³/mol. The fourth-order valence-corrected chi connectivity index (χ4v) is 4.64. The van der Waals surface area contributed by atoms with Crippen molar-refractivity contribution in [3.63, 3.8) is 0 Å². The van der Waals surface area contributed by atoms with Gasteiger partial charge in [0.15, 0.2) is 0 Å². The van der Waals surface area contributed by atoms with E-state index in [9.17, 15) is 14.4 Å². The van der Waals surface area contributed by atoms with Gasteiger partial charge in [0, 0.05) is 44.2 Å². The fraction of sp³-hybridized carbons (Fsp3) is 0.444. The summed E-state index contributed by atoms with van der Waals surface area (Å²) < 4.78 is 0. The van der Waals surface area contributed by atoms with Crippen molar-refractivity contribution in [2.45, 2.75) is 51.6 Å². The number of hydrogen-bond acceptors (Lipinski definition) is 3. The van der Waals surface area contributed by atoms with Gasteiger partial charge in [0.1, 0.15) is 0 Å². The van der Waals surface area contributed by atoms with E-state index in [1.54, 1.807) is 4.90 Å². The van der Waals surface area contributed by atoms with Crippen molar-refractivity contribution < 1.29 is 14.4 Å². The highest BCUT2D eigenvalue weighted by Crippen LogP contribution is 2.22. The van der Waals surface area contributed by atoms with Gasteiger partial charge >= 0.3 is 0 Å². The molecule has 0 aliphatic carbocycles. The molecule has 1 N–H and O–H groups in total. The first-order valence-corrected chi connectivity index (χ1v) is 11.9. The second-order valence-electron chi connectivity index (χ2n) is 9.51. The number of carbonyl (C=O) groups excluding carboxylic acids is 3. The maximum atomic E-state index is 12.8. The molecule has 174 valence electrons. The highest BCUT2D eigenvalue weighted by atomic mass is 16.2. The second-order valence-corrected chi connectivity index (χ2v) is 9.51. The molecule has 2 aliphatic heterocycles. The normalized spacial score (nSPS) is 19.2. The number of hydrogen-bond donors (Lipinski definition) is 1. The number of nitrogens with one attached hydrogen (secondary N) is 1. The highest BCUT2D eigenvalue weighted by molar-refractivity contribution is 5.94. The maximum Gasteiger partial charge on any atom is 0.253 e. The molecule has 2 aromatic carbocycles. The van der Waals surface area contributed by atoms with E-state index in [0.717, 1.165) is 18.4 Å². The summed E-state index contributed by atoms with van der Waals surface area (Å²) in [6, 6.07) is 17.8. The number of piperidine rings is 1. The van der Waals surface area contributed by atoms with E-state index >= 15 is 0 Å². The average Bonchev–Trinajstić information content (AvgIpc) is 3.20. The Morgan fingerprint density at radius 3 is 2.30 bits per heavy atom. The lowest BCUT2D eigenvalue weighted by Gasteiger charge is -2.33. The lowest BCUT2D eigenvalue weighted by atomic mass is 10.00. The van der Waals surface area contributed by atoms with E-state index < -0.39 is 0 Å². The Kier molecular flexibility index (Phi) is 7.11. The molecule has 3 amide bonds. The molecule has 2 fully saturated rings. The largest absolute Gasteiger partial charge is 0.353 e. The molecule has 2 aliphatic rings. The Balaban J connectivity index is 1.24. The van der Waals surface area contributed by atoms with Crippen molar-refractivity contribution in [1.82, 2.24) is 15.1 Å². The quantitative estimate of drug-likeness (QED) is 0.736. The van der Waals surface area contributed by atoms with Gasteiger partial charge in [-0.15, -0.1) is 0 Å². The summed E-state index contributed by atoms with van der Waals surface area (Å²) in [5.41, 5.74) is 3.01. The molecule has 0 aromatic heterocycles. The topological polar surface area (TPSA) is 69.7 Å². The first-order chi connectivity index (χ1) is 15.9. The van der Waals surface area contributed by atoms with Gasteiger partial charge in [0.05, 0.1) is 5.92 Å². The van der Waals surface area contributed by atoms with Crippen molar-refractivity contribution in [2.24, 2.45) is 5.92 Å². The van der Waals surface area contributed by atoms with Crippen molar-refractivity contribution in [2.75, 3.05) is 19.6 Å². The number of amides is 3. The Hall–Kier alpha value is -3.15. The summed E-state index contributed by atoms with van der Waals surface area (Å²) in [4.78, 5) is 41.7. The van der Waals surface area contributed by atoms with Crippen molar-refractivity contribution in [3.05, 3.63) is 71.3 Å². The summed E-state index contributed by atoms with van der Waals surface area (Å²) in [7, 11) is 0. The lowest BCUT2D eigenvalue weighted by molar-refractivity contribution is -0.129. The van der Waals surface area contributed by atoms with E-state index in [1.807, 2.05) is 59.5 Å². The van der Waals surface area contributed by atoms with Gasteiger partial charge in [-0.25, -0.2) is 0 Å². The minimum absolute atomic E-state index is 0.0305. The summed E-state index contributed by atoms with van der Waals surface area (Å²) >= 11 is 0. The third-order valence-corrected chi connectivity index (χ3v) is 6.75. The zero-order valence-corrected chi connectivity index (χ0v) is 19.5. The van der Waals surface area contributed by atoms with Crippen LogP contribution in [0.3, 0.4) is 0 Å². The van der Waals surface area contributed by atoms with Crippen LogP contribution in [0.2, 0.25) is 0 Å². The van der Waals surface area contributed by atoms with Crippen LogP contribution in [0.5, 0.6) is 0 Å². The number of carbonyl (C=O) groups is 3. The Bertz CT molecular complexity index is 979. The molecular weight excluding hydrogens is 414 g/mol. The van der Waals surface area contributed by atoms with Crippen LogP contribution in [0.15, 0.2) is 54.6 Å². The number of rotatable bonds is 6. The molecule has 1 atom stereocenters. The molecule has 0 spiro atoms. The molecule has 0 bridgehead atoms. The maximum absolute atomic E-state index is 12.8. The SMILES string of the molecule is CC(C)c1ccc(C(=O)N2CCC(NC(=O)C3CC(=O)N(Cc4ccccc4)C3)CC2)cc1. The van der Waals surface area contributed by atoms with Gasteiger partial charge in [-0.1, -0.05) is 56.3 Å². The third-order valence-electron chi connectivity index (χ3n) is 6.75. The molecular formula is C27H33N3O3. The van der Waals surface area contributed by atoms with E-state index in [2.05, 4.69) is 19.2 Å². The molecule has 0 radical (unpaired) electrons. The van der Waals surface area contributed by atoms with Crippen molar-refractivity contribution in [3.8, 4) is 0 Å². The standard InChI is InChI=1S/C27H33N3O3/c1-19(2)21-8-10-22(11-9-21)27(33)29-14-12-24(13-15-29)28-26(32)23-16-25(31)30(18-23)17-20-6-4-3-5-7-20/h3-11,19,23-24H,12-18H2,1-2H3,(H,28,32). The lowest BCUT2D eigenvalue weighted by Crippen LogP contribution is -2.48. The zero-order chi connectivity index (χ0) is 23.4. The Labute approximate surface area is 196 Å². The van der Waals surface area contributed by atoms with Crippen molar-refractivity contribution >= 4 is 17.7 Å². The summed E-state index contributed by atoms with van der Waals surface area (Å²) in [5, 5.41) is 3.13. The van der Waals surface area contributed by atoms with Crippen LogP contribution in [0.4, 0.5) is 0 Å². The van der Waals surface area contributed by atoms with E-state index in [1.165, 1.54) is 5.56 Å². The number of nitrogens with zero attached hydrogens (tertiary/aromatic N) is 2. The fourth-order valence-electron chi connectivity index (χ4n) is 4.64. The van der Waals surface area contributed by atoms with E-state index in [4.69, 9.17) is 0 Å². The van der Waals surface area contributed by atoms with Crippen LogP contribution in [-0.4, -0.2) is 53.2 Å². The smallest absolute Gasteiger partial charge is 0.253 e. The summed E-state index contributed by atoms with van der Waals surface area (Å²) in [5.74, 6) is 0.165. The monoisotopic (exact) mass is 447 g/mol. The molecule has 1 unspecified atom stereocenters. The number of likely N-dealkylation sites (tertiary alicyclic amines) is 2. The van der Waals surface area contributed by atoms with Gasteiger partial charge in [0.2, 0.25) is 11.8 Å². The summed E-state index contributed by atoms with van der Waals surface area (Å²) in [6.45, 7) is 6.53. The molecule has 2 heterocycles. The molecule has 4 rings (SSSR count). The van der Waals surface area contributed by atoms with Gasteiger partial charge in [-0.3, -0.25) is 14.4 Å². The average molecular weight is 448 g/mol. The minimum Gasteiger partial charge on any atom is -0.353 e. The number of benzene rings is 2. The molecule has 6 heteroatoms. The minimum atomic E-state index is -0.305. The molecule has 33 heavy (non-hydrogen) atoms. The predicted octanol–water partition coefficient (Wildman–Crippen LogP) is 3.58. The van der Waals surface area contributed by atoms with Gasteiger partial charge < -0.3 is 15.1 Å². The molecule has 2 saturated heterocycles. The summed E-state index contributed by atoms with van der Waals surface area (Å²) in [6.07, 6.45) is 1.73. The van der Waals surface area contributed by atoms with Gasteiger partial charge in [0.25, 0.3) is 5.91 Å². The van der Waals surface area contributed by atoms with Crippen LogP contribution < -0.4 is 5.32 Å². The Morgan fingerprint density at radius 1 is 1.00 bits per heavy atom. The second kappa shape index (κ2) is 10.2. The van der Waals surface area contributed by atoms with E-state index in [-0.39, 0.29) is 36.1 Å². The van der Waals surface area contributed by atoms with Crippen LogP contribution >= 0.6 is 0 Å². The van der Waals surface area contributed by atoms with Crippen LogP contribution in [-0.2, 0) is 16.1 Å². The molecule has 2 aromatic rings. The van der Waals surface area contributed by atoms with Gasteiger partial charge in [-0.05, 0) is 42.0 Å². The van der Waals surface area contributed by atoms with Crippen LogP contribution in [0.1, 0.15) is 60.5 Å². The van der Waals surface area contributed by atoms with Gasteiger partial charge in [-0.2, -0.15) is 0 Å². The first kappa shape index (κ1) is 23.0. The molecule has 6 nitrogen and oxygen atoms in total. The zero-order valence-electron chi connectivity index (χ0n) is 19.5. The van der Waals surface area contributed by atoms with Crippen LogP contribution in [0, 0.1) is 5.92 Å². The highest BCUT2D eigenvalue weighted by Gasteiger charge is 2.35. The Morgan fingerprint density at radius 2 is 1.67 bits per heavy atom. The van der Waals surface area contributed by atoms with Crippen molar-refractivity contribution in [1.29, 1.82) is 0 Å². The van der Waals surface area contributed by atoms with Crippen LogP contribution in [0.25, 0.3) is 0 Å². The van der Waals surface area contributed by atoms with E-state index in [0.29, 0.717) is 37.7 Å². The first-order valence-electron chi connectivity index (χ1n) is 11.9. The third kappa shape index (κ3) is 5.62.